The van der Waals surface area contributed by atoms with Gasteiger partial charge in [0.1, 0.15) is 0 Å². The Morgan fingerprint density at radius 2 is 2.00 bits per heavy atom. The fourth-order valence-corrected chi connectivity index (χ4v) is 1.84. The molecular weight excluding hydrogens is 156 g/mol. The van der Waals surface area contributed by atoms with Gasteiger partial charge in [-0.05, 0) is 35.1 Å². The van der Waals surface area contributed by atoms with E-state index < -0.39 is 0 Å². The Labute approximate surface area is 80.6 Å². The van der Waals surface area contributed by atoms with E-state index in [-0.39, 0.29) is 7.43 Å². The molecule has 1 aromatic rings. The molecule has 0 nitrogen and oxygen atoms in total. The van der Waals surface area contributed by atoms with Crippen LogP contribution in [-0.2, 0) is 6.42 Å². The van der Waals surface area contributed by atoms with Gasteiger partial charge in [0, 0.05) is 0 Å². The Morgan fingerprint density at radius 1 is 1.23 bits per heavy atom. The van der Waals surface area contributed by atoms with Crippen molar-refractivity contribution in [3.63, 3.8) is 0 Å². The van der Waals surface area contributed by atoms with Crippen LogP contribution < -0.4 is 0 Å². The fourth-order valence-electron chi connectivity index (χ4n) is 1.84. The molecule has 13 heavy (non-hydrogen) atoms. The van der Waals surface area contributed by atoms with Crippen LogP contribution in [-0.4, -0.2) is 0 Å². The molecule has 0 saturated carbocycles. The molecule has 1 aliphatic carbocycles. The number of aryl methyl sites for hydroxylation is 1. The molecule has 0 heteroatoms. The first-order valence-corrected chi connectivity index (χ1v) is 4.25. The molecule has 1 aliphatic rings. The first-order valence-electron chi connectivity index (χ1n) is 4.25. The molecule has 0 aromatic heterocycles. The SMILES string of the molecule is C.C=Cc1cccc2c1C(=C)CC2. The molecule has 68 valence electrons. The first-order chi connectivity index (χ1) is 5.83. The maximum absolute atomic E-state index is 4.06. The lowest BCUT2D eigenvalue weighted by Crippen LogP contribution is -1.84. The van der Waals surface area contributed by atoms with Crippen LogP contribution in [0.5, 0.6) is 0 Å². The Bertz CT molecular complexity index is 345. The predicted octanol–water partition coefficient (Wildman–Crippen LogP) is 3.93. The van der Waals surface area contributed by atoms with Crippen molar-refractivity contribution in [2.24, 2.45) is 0 Å². The summed E-state index contributed by atoms with van der Waals surface area (Å²) in [6.07, 6.45) is 4.17. The smallest absolute Gasteiger partial charge is 0.0126 e. The summed E-state index contributed by atoms with van der Waals surface area (Å²) in [5, 5.41) is 0. The van der Waals surface area contributed by atoms with E-state index in [0.29, 0.717) is 0 Å². The van der Waals surface area contributed by atoms with Gasteiger partial charge in [-0.2, -0.15) is 0 Å². The van der Waals surface area contributed by atoms with Crippen molar-refractivity contribution in [2.45, 2.75) is 20.3 Å². The maximum Gasteiger partial charge on any atom is -0.0126 e. The molecule has 0 radical (unpaired) electrons. The number of hydrogen-bond donors (Lipinski definition) is 0. The standard InChI is InChI=1S/C12H12.CH4/c1-3-10-5-4-6-11-8-7-9(2)12(10)11;/h3-6H,1-2,7-8H2;1H4. The topological polar surface area (TPSA) is 0 Å². The highest BCUT2D eigenvalue weighted by Crippen LogP contribution is 2.33. The highest BCUT2D eigenvalue weighted by atomic mass is 14.2. The van der Waals surface area contributed by atoms with E-state index in [4.69, 9.17) is 0 Å². The van der Waals surface area contributed by atoms with E-state index in [1.807, 2.05) is 6.08 Å². The highest BCUT2D eigenvalue weighted by Gasteiger charge is 2.15. The second-order valence-corrected chi connectivity index (χ2v) is 3.19. The van der Waals surface area contributed by atoms with Gasteiger partial charge in [0.15, 0.2) is 0 Å². The van der Waals surface area contributed by atoms with Gasteiger partial charge in [-0.3, -0.25) is 0 Å². The average molecular weight is 172 g/mol. The molecule has 0 bridgehead atoms. The minimum absolute atomic E-state index is 0. The van der Waals surface area contributed by atoms with Gasteiger partial charge in [-0.25, -0.2) is 0 Å². The Morgan fingerprint density at radius 3 is 2.69 bits per heavy atom. The normalized spacial score (nSPS) is 13.4. The lowest BCUT2D eigenvalue weighted by atomic mass is 10.0. The molecular formula is C13H16. The number of hydrogen-bond acceptors (Lipinski definition) is 0. The van der Waals surface area contributed by atoms with Crippen LogP contribution in [0.1, 0.15) is 30.5 Å². The van der Waals surface area contributed by atoms with Crippen molar-refractivity contribution < 1.29 is 0 Å². The number of benzene rings is 1. The molecule has 0 fully saturated rings. The van der Waals surface area contributed by atoms with E-state index in [1.165, 1.54) is 22.3 Å². The van der Waals surface area contributed by atoms with Crippen LogP contribution in [0, 0.1) is 0 Å². The van der Waals surface area contributed by atoms with Crippen LogP contribution in [0.3, 0.4) is 0 Å². The maximum atomic E-state index is 4.06. The zero-order valence-corrected chi connectivity index (χ0v) is 7.14. The summed E-state index contributed by atoms with van der Waals surface area (Å²) in [7, 11) is 0. The Balaban J connectivity index is 0.000000845. The number of allylic oxidation sites excluding steroid dienone is 1. The van der Waals surface area contributed by atoms with E-state index in [0.717, 1.165) is 12.8 Å². The van der Waals surface area contributed by atoms with Gasteiger partial charge in [0.25, 0.3) is 0 Å². The summed E-state index contributed by atoms with van der Waals surface area (Å²) in [5.74, 6) is 0. The van der Waals surface area contributed by atoms with Crippen molar-refractivity contribution in [2.75, 3.05) is 0 Å². The van der Waals surface area contributed by atoms with Crippen LogP contribution in [0.2, 0.25) is 0 Å². The van der Waals surface area contributed by atoms with Crippen molar-refractivity contribution >= 4 is 11.6 Å². The molecule has 0 aliphatic heterocycles. The van der Waals surface area contributed by atoms with Gasteiger partial charge < -0.3 is 0 Å². The second-order valence-electron chi connectivity index (χ2n) is 3.19. The summed E-state index contributed by atoms with van der Waals surface area (Å²) in [6.45, 7) is 7.86. The third-order valence-corrected chi connectivity index (χ3v) is 2.45. The van der Waals surface area contributed by atoms with Crippen LogP contribution >= 0.6 is 0 Å². The Kier molecular flexibility index (Phi) is 2.72. The minimum Gasteiger partial charge on any atom is -0.0984 e. The second kappa shape index (κ2) is 3.61. The van der Waals surface area contributed by atoms with Gasteiger partial charge in [-0.1, -0.05) is 44.9 Å². The quantitative estimate of drug-likeness (QED) is 0.602. The molecule has 0 unspecified atom stereocenters. The molecule has 2 rings (SSSR count). The van der Waals surface area contributed by atoms with Crippen LogP contribution in [0.4, 0.5) is 0 Å². The third-order valence-electron chi connectivity index (χ3n) is 2.45. The monoisotopic (exact) mass is 172 g/mol. The molecule has 0 saturated heterocycles. The van der Waals surface area contributed by atoms with Gasteiger partial charge in [0.2, 0.25) is 0 Å². The van der Waals surface area contributed by atoms with Crippen molar-refractivity contribution in [1.29, 1.82) is 0 Å². The zero-order valence-electron chi connectivity index (χ0n) is 7.14. The molecule has 1 aromatic carbocycles. The predicted molar refractivity (Wildman–Crippen MR) is 60.6 cm³/mol. The van der Waals surface area contributed by atoms with Gasteiger partial charge >= 0.3 is 0 Å². The molecule has 0 amide bonds. The van der Waals surface area contributed by atoms with Crippen LogP contribution in [0.15, 0.2) is 31.4 Å². The fraction of sp³-hybridized carbons (Fsp3) is 0.231. The molecule has 0 spiro atoms. The van der Waals surface area contributed by atoms with Crippen LogP contribution in [0.25, 0.3) is 11.6 Å². The lowest BCUT2D eigenvalue weighted by Gasteiger charge is -2.03. The van der Waals surface area contributed by atoms with E-state index in [2.05, 4.69) is 31.4 Å². The number of fused-ring (bicyclic) bond motifs is 1. The zero-order chi connectivity index (χ0) is 8.55. The van der Waals surface area contributed by atoms with Crippen molar-refractivity contribution in [3.8, 4) is 0 Å². The summed E-state index contributed by atoms with van der Waals surface area (Å²) >= 11 is 0. The Hall–Kier alpha value is -1.30. The van der Waals surface area contributed by atoms with E-state index in [1.54, 1.807) is 0 Å². The molecule has 0 atom stereocenters. The number of rotatable bonds is 1. The highest BCUT2D eigenvalue weighted by molar-refractivity contribution is 5.78. The summed E-state index contributed by atoms with van der Waals surface area (Å²) in [6, 6.07) is 6.37. The molecule has 0 heterocycles. The largest absolute Gasteiger partial charge is 0.0984 e. The van der Waals surface area contributed by atoms with Crippen molar-refractivity contribution in [3.05, 3.63) is 48.0 Å². The first kappa shape index (κ1) is 9.79. The average Bonchev–Trinajstić information content (AvgIpc) is 2.48. The molecule has 0 N–H and O–H groups in total. The van der Waals surface area contributed by atoms with E-state index >= 15 is 0 Å². The lowest BCUT2D eigenvalue weighted by molar-refractivity contribution is 1.08. The van der Waals surface area contributed by atoms with Crippen molar-refractivity contribution in [1.82, 2.24) is 0 Å². The van der Waals surface area contributed by atoms with E-state index in [9.17, 15) is 0 Å². The minimum atomic E-state index is 0. The summed E-state index contributed by atoms with van der Waals surface area (Å²) in [5.41, 5.74) is 5.26. The van der Waals surface area contributed by atoms with Gasteiger partial charge in [-0.15, -0.1) is 0 Å². The summed E-state index contributed by atoms with van der Waals surface area (Å²) < 4.78 is 0. The van der Waals surface area contributed by atoms with Gasteiger partial charge in [0.05, 0.1) is 0 Å². The summed E-state index contributed by atoms with van der Waals surface area (Å²) in [4.78, 5) is 0. The third kappa shape index (κ3) is 1.44.